The van der Waals surface area contributed by atoms with Gasteiger partial charge in [0.15, 0.2) is 5.17 Å². The summed E-state index contributed by atoms with van der Waals surface area (Å²) in [4.78, 5) is 42.7. The molecule has 0 spiro atoms. The van der Waals surface area contributed by atoms with Gasteiger partial charge in [0, 0.05) is 25.5 Å². The minimum absolute atomic E-state index is 0.115. The van der Waals surface area contributed by atoms with Crippen LogP contribution in [-0.4, -0.2) is 46.6 Å². The number of hydrazone groups is 1. The van der Waals surface area contributed by atoms with Crippen molar-refractivity contribution >= 4 is 34.4 Å². The lowest BCUT2D eigenvalue weighted by molar-refractivity contribution is -0.122. The average Bonchev–Trinajstić information content (AvgIpc) is 3.49. The van der Waals surface area contributed by atoms with E-state index in [1.54, 1.807) is 36.1 Å². The van der Waals surface area contributed by atoms with E-state index in [-0.39, 0.29) is 23.9 Å². The molecular formula is C20H22N8O3S. The molecule has 0 bridgehead atoms. The number of hydrogen-bond acceptors (Lipinski definition) is 7. The van der Waals surface area contributed by atoms with Crippen LogP contribution in [0.25, 0.3) is 0 Å². The van der Waals surface area contributed by atoms with Gasteiger partial charge in [-0.1, -0.05) is 30.0 Å². The number of amides is 2. The second-order valence-electron chi connectivity index (χ2n) is 7.08. The molecule has 1 fully saturated rings. The fraction of sp³-hybridized carbons (Fsp3) is 0.300. The summed E-state index contributed by atoms with van der Waals surface area (Å²) < 4.78 is 4.59. The Labute approximate surface area is 187 Å². The first-order chi connectivity index (χ1) is 15.5. The van der Waals surface area contributed by atoms with Crippen molar-refractivity contribution in [2.24, 2.45) is 5.10 Å². The monoisotopic (exact) mass is 454 g/mol. The summed E-state index contributed by atoms with van der Waals surface area (Å²) in [6.07, 6.45) is 6.01. The molecule has 1 aromatic carbocycles. The highest BCUT2D eigenvalue weighted by molar-refractivity contribution is 8.15. The Hall–Kier alpha value is -3.67. The van der Waals surface area contributed by atoms with E-state index in [4.69, 9.17) is 0 Å². The van der Waals surface area contributed by atoms with Crippen molar-refractivity contribution in [3.05, 3.63) is 65.4 Å². The Bertz CT molecular complexity index is 1180. The van der Waals surface area contributed by atoms with Crippen molar-refractivity contribution in [3.8, 4) is 0 Å². The predicted octanol–water partition coefficient (Wildman–Crippen LogP) is 0.807. The highest BCUT2D eigenvalue weighted by Gasteiger charge is 2.30. The highest BCUT2D eigenvalue weighted by atomic mass is 32.2. The van der Waals surface area contributed by atoms with Gasteiger partial charge in [0.2, 0.25) is 5.91 Å². The summed E-state index contributed by atoms with van der Waals surface area (Å²) in [5, 5.41) is 8.66. The third-order valence-corrected chi connectivity index (χ3v) is 5.74. The van der Waals surface area contributed by atoms with Crippen molar-refractivity contribution in [1.82, 2.24) is 29.3 Å². The lowest BCUT2D eigenvalue weighted by Crippen LogP contribution is -2.34. The second-order valence-corrected chi connectivity index (χ2v) is 8.02. The van der Waals surface area contributed by atoms with Crippen LogP contribution in [0.15, 0.2) is 58.9 Å². The van der Waals surface area contributed by atoms with E-state index in [9.17, 15) is 14.4 Å². The fourth-order valence-electron chi connectivity index (χ4n) is 3.30. The molecule has 32 heavy (non-hydrogen) atoms. The third-order valence-electron chi connectivity index (χ3n) is 4.81. The topological polar surface area (TPSA) is 119 Å². The number of carbonyl (C=O) groups excluding carboxylic acids is 2. The van der Waals surface area contributed by atoms with Crippen LogP contribution in [0.1, 0.15) is 12.2 Å². The van der Waals surface area contributed by atoms with Crippen molar-refractivity contribution in [1.29, 1.82) is 0 Å². The van der Waals surface area contributed by atoms with Crippen molar-refractivity contribution in [2.45, 2.75) is 33.0 Å². The van der Waals surface area contributed by atoms with E-state index in [0.29, 0.717) is 23.2 Å². The van der Waals surface area contributed by atoms with Gasteiger partial charge < -0.3 is 4.57 Å². The Balaban J connectivity index is 1.38. The molecule has 3 aromatic rings. The molecule has 3 heterocycles. The predicted molar refractivity (Wildman–Crippen MR) is 120 cm³/mol. The maximum atomic E-state index is 12.6. The zero-order valence-corrected chi connectivity index (χ0v) is 18.2. The van der Waals surface area contributed by atoms with Gasteiger partial charge >= 0.3 is 5.69 Å². The van der Waals surface area contributed by atoms with Crippen LogP contribution in [0.5, 0.6) is 0 Å². The van der Waals surface area contributed by atoms with Gasteiger partial charge in [0.05, 0.1) is 17.8 Å². The third kappa shape index (κ3) is 4.80. The number of aryl methyl sites for hydroxylation is 2. The number of benzene rings is 1. The molecule has 0 saturated carbocycles. The van der Waals surface area contributed by atoms with Gasteiger partial charge in [-0.05, 0) is 25.5 Å². The SMILES string of the molecule is Cc1nn(CC(=O)N/N=C2\SCC(=O)N2c2ccccc2)c(=O)n1CCCn1ccnc1. The quantitative estimate of drug-likeness (QED) is 0.503. The summed E-state index contributed by atoms with van der Waals surface area (Å²) in [5.41, 5.74) is 2.75. The zero-order chi connectivity index (χ0) is 22.5. The maximum Gasteiger partial charge on any atom is 0.346 e. The van der Waals surface area contributed by atoms with Crippen molar-refractivity contribution in [3.63, 3.8) is 0 Å². The number of thioether (sulfide) groups is 1. The van der Waals surface area contributed by atoms with Gasteiger partial charge in [0.25, 0.3) is 5.91 Å². The van der Waals surface area contributed by atoms with Crippen LogP contribution in [0.2, 0.25) is 0 Å². The van der Waals surface area contributed by atoms with Crippen LogP contribution in [0, 0.1) is 6.92 Å². The molecule has 1 N–H and O–H groups in total. The summed E-state index contributed by atoms with van der Waals surface area (Å²) >= 11 is 1.24. The molecule has 1 saturated heterocycles. The Morgan fingerprint density at radius 1 is 1.22 bits per heavy atom. The van der Waals surface area contributed by atoms with Gasteiger partial charge in [-0.2, -0.15) is 5.10 Å². The Kier molecular flexibility index (Phi) is 6.50. The van der Waals surface area contributed by atoms with Gasteiger partial charge in [-0.3, -0.25) is 19.1 Å². The van der Waals surface area contributed by atoms with E-state index in [2.05, 4.69) is 20.6 Å². The molecule has 1 aliphatic rings. The molecule has 166 valence electrons. The molecule has 0 radical (unpaired) electrons. The number of hydrogen-bond donors (Lipinski definition) is 1. The largest absolute Gasteiger partial charge is 0.346 e. The smallest absolute Gasteiger partial charge is 0.337 e. The van der Waals surface area contributed by atoms with Crippen LogP contribution in [0.3, 0.4) is 0 Å². The molecule has 0 unspecified atom stereocenters. The van der Waals surface area contributed by atoms with Crippen LogP contribution in [-0.2, 0) is 29.2 Å². The Morgan fingerprint density at radius 2 is 2.03 bits per heavy atom. The molecule has 2 aromatic heterocycles. The Morgan fingerprint density at radius 3 is 2.78 bits per heavy atom. The molecule has 1 aliphatic heterocycles. The van der Waals surface area contributed by atoms with E-state index >= 15 is 0 Å². The van der Waals surface area contributed by atoms with E-state index in [0.717, 1.165) is 17.6 Å². The number of anilines is 1. The van der Waals surface area contributed by atoms with Crippen molar-refractivity contribution < 1.29 is 9.59 Å². The highest BCUT2D eigenvalue weighted by Crippen LogP contribution is 2.25. The number of rotatable bonds is 8. The summed E-state index contributed by atoms with van der Waals surface area (Å²) in [7, 11) is 0. The molecule has 0 aliphatic carbocycles. The van der Waals surface area contributed by atoms with Gasteiger partial charge in [-0.25, -0.2) is 19.9 Å². The normalized spacial score (nSPS) is 15.0. The molecular weight excluding hydrogens is 432 g/mol. The molecule has 4 rings (SSSR count). The summed E-state index contributed by atoms with van der Waals surface area (Å²) in [6, 6.07) is 9.09. The molecule has 2 amide bonds. The fourth-order valence-corrected chi connectivity index (χ4v) is 4.13. The number of imidazole rings is 1. The number of nitrogens with one attached hydrogen (secondary N) is 1. The lowest BCUT2D eigenvalue weighted by Gasteiger charge is -2.15. The lowest BCUT2D eigenvalue weighted by atomic mass is 10.3. The number of carbonyl (C=O) groups is 2. The van der Waals surface area contributed by atoms with Crippen LogP contribution < -0.4 is 16.0 Å². The minimum Gasteiger partial charge on any atom is -0.337 e. The van der Waals surface area contributed by atoms with Crippen LogP contribution >= 0.6 is 11.8 Å². The maximum absolute atomic E-state index is 12.6. The van der Waals surface area contributed by atoms with Crippen LogP contribution in [0.4, 0.5) is 5.69 Å². The number of amidine groups is 1. The summed E-state index contributed by atoms with van der Waals surface area (Å²) in [6.45, 7) is 2.67. The summed E-state index contributed by atoms with van der Waals surface area (Å²) in [5.74, 6) is 0.157. The zero-order valence-electron chi connectivity index (χ0n) is 17.4. The first-order valence-electron chi connectivity index (χ1n) is 10.0. The standard InChI is InChI=1S/C20H22N8O3S/c1-15-24-27(20(31)26(15)10-5-9-25-11-8-21-14-25)12-17(29)22-23-19-28(18(30)13-32-19)16-6-3-2-4-7-16/h2-4,6-8,11,14H,5,9-10,12-13H2,1H3,(H,22,29)/b23-19-. The second kappa shape index (κ2) is 9.64. The molecule has 11 nitrogen and oxygen atoms in total. The van der Waals surface area contributed by atoms with E-state index in [1.807, 2.05) is 29.0 Å². The number of para-hydroxylation sites is 1. The average molecular weight is 455 g/mol. The van der Waals surface area contributed by atoms with E-state index in [1.165, 1.54) is 16.7 Å². The first kappa shape index (κ1) is 21.6. The van der Waals surface area contributed by atoms with Crippen molar-refractivity contribution in [2.75, 3.05) is 10.7 Å². The minimum atomic E-state index is -0.504. The van der Waals surface area contributed by atoms with Gasteiger partial charge in [0.1, 0.15) is 12.4 Å². The van der Waals surface area contributed by atoms with Gasteiger partial charge in [-0.15, -0.1) is 5.10 Å². The molecule has 0 atom stereocenters. The number of nitrogens with zero attached hydrogens (tertiary/aromatic N) is 7. The first-order valence-corrected chi connectivity index (χ1v) is 11.0. The number of aromatic nitrogens is 5. The van der Waals surface area contributed by atoms with E-state index < -0.39 is 5.91 Å². The molecule has 12 heteroatoms.